The second-order valence-corrected chi connectivity index (χ2v) is 5.93. The Morgan fingerprint density at radius 1 is 1.16 bits per heavy atom. The van der Waals surface area contributed by atoms with Gasteiger partial charge in [0, 0.05) is 18.5 Å². The predicted molar refractivity (Wildman–Crippen MR) is 97.0 cm³/mol. The average molecular weight is 431 g/mol. The lowest BCUT2D eigenvalue weighted by Crippen LogP contribution is -2.37. The molecule has 3 N–H and O–H groups in total. The highest BCUT2D eigenvalue weighted by molar-refractivity contribution is 6.06. The van der Waals surface area contributed by atoms with E-state index in [1.807, 2.05) is 40.9 Å². The number of hydrogen-bond donors (Lipinski definition) is 2. The number of rotatable bonds is 3. The number of anilines is 1. The smallest absolute Gasteiger partial charge is 0.430 e. The average Bonchev–Trinajstić information content (AvgIpc) is 3.15. The number of amides is 1. The maximum absolute atomic E-state index is 12.7. The number of aromatic nitrogens is 5. The molecule has 0 atom stereocenters. The van der Waals surface area contributed by atoms with Gasteiger partial charge in [0.25, 0.3) is 18.0 Å². The molecule has 0 aromatic carbocycles. The topological polar surface area (TPSA) is 129 Å². The highest BCUT2D eigenvalue weighted by atomic mass is 19.4. The Balaban J connectivity index is 0.000000339. The molecule has 0 aliphatic heterocycles. The van der Waals surface area contributed by atoms with Gasteiger partial charge in [-0.25, -0.2) is 4.98 Å². The van der Waals surface area contributed by atoms with E-state index in [-0.39, 0.29) is 5.91 Å². The van der Waals surface area contributed by atoms with Crippen LogP contribution in [0.4, 0.5) is 19.0 Å². The number of carboxylic acid groups (broad SMARTS) is 1. The van der Waals surface area contributed by atoms with E-state index in [9.17, 15) is 18.0 Å². The third kappa shape index (κ3) is 5.18. The lowest BCUT2D eigenvalue weighted by Gasteiger charge is -2.03. The molecule has 4 heterocycles. The fourth-order valence-corrected chi connectivity index (χ4v) is 2.54. The minimum atomic E-state index is -5.19. The van der Waals surface area contributed by atoms with Gasteiger partial charge < -0.3 is 9.90 Å². The minimum Gasteiger partial charge on any atom is -0.542 e. The summed E-state index contributed by atoms with van der Waals surface area (Å²) >= 11 is 0. The summed E-state index contributed by atoms with van der Waals surface area (Å²) in [6.45, 7) is 0. The normalized spacial score (nSPS) is 10.8. The van der Waals surface area contributed by atoms with Gasteiger partial charge in [0.05, 0.1) is 18.0 Å². The molecule has 0 aliphatic rings. The molecule has 0 radical (unpaired) electrons. The minimum absolute atomic E-state index is 0.257. The number of nitrogens with zero attached hydrogens (tertiary/aromatic N) is 3. The van der Waals surface area contributed by atoms with Crippen molar-refractivity contribution in [2.45, 2.75) is 6.18 Å². The number of pyridine rings is 2. The molecule has 158 valence electrons. The Morgan fingerprint density at radius 3 is 2.55 bits per heavy atom. The predicted octanol–water partition coefficient (Wildman–Crippen LogP) is 0.575. The second-order valence-electron chi connectivity index (χ2n) is 5.93. The number of carbonyl (C=O) groups is 2. The van der Waals surface area contributed by atoms with Crippen LogP contribution in [-0.2, 0) is 4.79 Å². The van der Waals surface area contributed by atoms with Crippen molar-refractivity contribution in [2.75, 3.05) is 5.32 Å². The van der Waals surface area contributed by atoms with Crippen molar-refractivity contribution < 1.29 is 37.3 Å². The first-order valence-corrected chi connectivity index (χ1v) is 8.61. The van der Waals surface area contributed by atoms with E-state index in [4.69, 9.17) is 9.90 Å². The molecule has 4 rings (SSSR count). The molecule has 9 nitrogen and oxygen atoms in total. The second kappa shape index (κ2) is 8.98. The number of aliphatic carboxylic acids is 1. The van der Waals surface area contributed by atoms with Crippen molar-refractivity contribution in [3.05, 3.63) is 73.2 Å². The van der Waals surface area contributed by atoms with Gasteiger partial charge in [-0.3, -0.25) is 20.1 Å². The van der Waals surface area contributed by atoms with Crippen molar-refractivity contribution in [1.82, 2.24) is 15.0 Å². The first kappa shape index (κ1) is 21.4. The molecule has 0 aliphatic carbocycles. The molecular formula is C19H14F3N6O3+. The lowest BCUT2D eigenvalue weighted by atomic mass is 10.3. The summed E-state index contributed by atoms with van der Waals surface area (Å²) in [6.07, 6.45) is 3.39. The van der Waals surface area contributed by atoms with Crippen LogP contribution in [0.1, 0.15) is 10.5 Å². The number of carbonyl (C=O) groups excluding carboxylic acids is 2. The van der Waals surface area contributed by atoms with Crippen LogP contribution in [0.25, 0.3) is 16.9 Å². The largest absolute Gasteiger partial charge is 0.542 e. The Morgan fingerprint density at radius 2 is 1.94 bits per heavy atom. The van der Waals surface area contributed by atoms with Gasteiger partial charge in [0.2, 0.25) is 5.69 Å². The number of halogens is 3. The van der Waals surface area contributed by atoms with Crippen LogP contribution < -0.4 is 19.8 Å². The molecule has 31 heavy (non-hydrogen) atoms. The molecule has 4 aromatic heterocycles. The first-order chi connectivity index (χ1) is 14.8. The SMILES string of the molecule is O=C(Nc1cc[nH+]cn1)c1[nH]c(-c2cccnc2)[n+]2ccccc12.O=C([O-])C(F)(F)F. The molecule has 0 fully saturated rings. The monoisotopic (exact) mass is 431 g/mol. The number of nitrogens with one attached hydrogen (secondary N) is 3. The molecule has 0 unspecified atom stereocenters. The van der Waals surface area contributed by atoms with Gasteiger partial charge >= 0.3 is 12.1 Å². The Kier molecular flexibility index (Phi) is 6.19. The van der Waals surface area contributed by atoms with Crippen LogP contribution in [0.2, 0.25) is 0 Å². The Bertz CT molecular complexity index is 1200. The number of H-pyrrole nitrogens is 2. The van der Waals surface area contributed by atoms with Crippen LogP contribution in [0.3, 0.4) is 0 Å². The molecule has 0 bridgehead atoms. The maximum Gasteiger partial charge on any atom is 0.430 e. The van der Waals surface area contributed by atoms with Crippen molar-refractivity contribution in [2.24, 2.45) is 0 Å². The summed E-state index contributed by atoms with van der Waals surface area (Å²) in [7, 11) is 0. The zero-order valence-electron chi connectivity index (χ0n) is 15.6. The zero-order valence-corrected chi connectivity index (χ0v) is 15.6. The van der Waals surface area contributed by atoms with Gasteiger partial charge in [-0.05, 0) is 29.2 Å². The molecule has 0 saturated heterocycles. The Hall–Kier alpha value is -4.35. The van der Waals surface area contributed by atoms with Gasteiger partial charge in [0.15, 0.2) is 5.52 Å². The van der Waals surface area contributed by atoms with Gasteiger partial charge in [-0.1, -0.05) is 6.07 Å². The van der Waals surface area contributed by atoms with Crippen LogP contribution in [0.15, 0.2) is 67.5 Å². The Labute approximate surface area is 172 Å². The van der Waals surface area contributed by atoms with E-state index in [2.05, 4.69) is 25.3 Å². The number of fused-ring (bicyclic) bond motifs is 1. The first-order valence-electron chi connectivity index (χ1n) is 8.61. The summed E-state index contributed by atoms with van der Waals surface area (Å²) < 4.78 is 33.5. The zero-order chi connectivity index (χ0) is 22.4. The summed E-state index contributed by atoms with van der Waals surface area (Å²) in [5.41, 5.74) is 2.13. The van der Waals surface area contributed by atoms with E-state index in [0.29, 0.717) is 11.5 Å². The molecule has 12 heteroatoms. The summed E-state index contributed by atoms with van der Waals surface area (Å²) in [6, 6.07) is 11.2. The van der Waals surface area contributed by atoms with E-state index < -0.39 is 12.1 Å². The number of aromatic amines is 2. The summed E-state index contributed by atoms with van der Waals surface area (Å²) in [4.78, 5) is 35.7. The van der Waals surface area contributed by atoms with Crippen molar-refractivity contribution in [3.8, 4) is 11.4 Å². The molecule has 0 spiro atoms. The summed E-state index contributed by atoms with van der Waals surface area (Å²) in [5.74, 6) is -2.00. The fraction of sp³-hybridized carbons (Fsp3) is 0.0526. The van der Waals surface area contributed by atoms with Gasteiger partial charge in [-0.2, -0.15) is 17.6 Å². The molecular weight excluding hydrogens is 417 g/mol. The van der Waals surface area contributed by atoms with E-state index >= 15 is 0 Å². The molecule has 4 aromatic rings. The van der Waals surface area contributed by atoms with E-state index in [1.165, 1.54) is 6.33 Å². The van der Waals surface area contributed by atoms with Gasteiger partial charge in [0.1, 0.15) is 5.97 Å². The quantitative estimate of drug-likeness (QED) is 0.459. The van der Waals surface area contributed by atoms with E-state index in [0.717, 1.165) is 16.9 Å². The number of carboxylic acids is 1. The number of alkyl halides is 3. The van der Waals surface area contributed by atoms with Crippen LogP contribution >= 0.6 is 0 Å². The fourth-order valence-electron chi connectivity index (χ4n) is 2.54. The van der Waals surface area contributed by atoms with Crippen molar-refractivity contribution >= 4 is 23.2 Å². The maximum atomic E-state index is 12.7. The van der Waals surface area contributed by atoms with E-state index in [1.54, 1.807) is 24.7 Å². The third-order valence-corrected chi connectivity index (χ3v) is 3.85. The summed E-state index contributed by atoms with van der Waals surface area (Å²) in [5, 5.41) is 11.6. The van der Waals surface area contributed by atoms with Crippen LogP contribution in [-0.4, -0.2) is 33.0 Å². The lowest BCUT2D eigenvalue weighted by molar-refractivity contribution is -0.498. The highest BCUT2D eigenvalue weighted by Gasteiger charge is 2.29. The molecule has 0 saturated carbocycles. The highest BCUT2D eigenvalue weighted by Crippen LogP contribution is 2.17. The van der Waals surface area contributed by atoms with Crippen molar-refractivity contribution in [1.29, 1.82) is 0 Å². The standard InChI is InChI=1S/C17H12N6O.C2HF3O2/c24-17(21-14-6-8-19-11-20-14)15-13-5-1-2-9-23(13)16(22-15)12-4-3-7-18-10-12;3-2(4,5)1(6)7/h1-11H,(H,19,20,21,24);(H,6,7)/p+1. The molecule has 1 amide bonds. The van der Waals surface area contributed by atoms with Crippen LogP contribution in [0, 0.1) is 0 Å². The van der Waals surface area contributed by atoms with Crippen molar-refractivity contribution in [3.63, 3.8) is 0 Å². The number of hydrogen-bond acceptors (Lipinski definition) is 5. The third-order valence-electron chi connectivity index (χ3n) is 3.85. The van der Waals surface area contributed by atoms with Crippen LogP contribution in [0.5, 0.6) is 0 Å². The number of imidazole rings is 1. The van der Waals surface area contributed by atoms with Gasteiger partial charge in [-0.15, -0.1) is 0 Å².